The molecule has 112 valence electrons. The van der Waals surface area contributed by atoms with Gasteiger partial charge in [0.1, 0.15) is 6.61 Å². The molecule has 0 saturated carbocycles. The number of hydrogen-bond acceptors (Lipinski definition) is 5. The number of nitrogens with zero attached hydrogens (tertiary/aromatic N) is 1. The molecule has 0 radical (unpaired) electrons. The van der Waals surface area contributed by atoms with E-state index in [-0.39, 0.29) is 0 Å². The molecule has 0 atom stereocenters. The van der Waals surface area contributed by atoms with Gasteiger partial charge in [-0.1, -0.05) is 12.1 Å². The maximum atomic E-state index is 5.68. The molecule has 21 heavy (non-hydrogen) atoms. The quantitative estimate of drug-likeness (QED) is 0.757. The van der Waals surface area contributed by atoms with Crippen LogP contribution in [0.2, 0.25) is 0 Å². The number of hydrogen-bond donors (Lipinski definition) is 1. The van der Waals surface area contributed by atoms with Crippen molar-refractivity contribution in [2.24, 2.45) is 0 Å². The number of ether oxygens (including phenoxy) is 3. The van der Waals surface area contributed by atoms with E-state index >= 15 is 0 Å². The molecule has 0 fully saturated rings. The zero-order valence-electron chi connectivity index (χ0n) is 12.3. The average Bonchev–Trinajstić information content (AvgIpc) is 2.54. The van der Waals surface area contributed by atoms with Gasteiger partial charge >= 0.3 is 0 Å². The topological polar surface area (TPSA) is 52.6 Å². The number of anilines is 1. The molecular formula is C16H20N2O3. The smallest absolute Gasteiger partial charge is 0.213 e. The Labute approximate surface area is 124 Å². The van der Waals surface area contributed by atoms with Crippen molar-refractivity contribution < 1.29 is 14.2 Å². The molecule has 0 bridgehead atoms. The summed E-state index contributed by atoms with van der Waals surface area (Å²) < 4.78 is 16.2. The van der Waals surface area contributed by atoms with Crippen LogP contribution in [0.25, 0.3) is 0 Å². The molecule has 5 nitrogen and oxygen atoms in total. The first-order valence-electron chi connectivity index (χ1n) is 6.92. The van der Waals surface area contributed by atoms with Crippen LogP contribution in [0, 0.1) is 0 Å². The molecule has 5 heteroatoms. The summed E-state index contributed by atoms with van der Waals surface area (Å²) in [6, 6.07) is 11.4. The van der Waals surface area contributed by atoms with Crippen molar-refractivity contribution in [1.29, 1.82) is 0 Å². The van der Waals surface area contributed by atoms with Gasteiger partial charge in [-0.25, -0.2) is 4.98 Å². The minimum Gasteiger partial charge on any atom is -0.493 e. The summed E-state index contributed by atoms with van der Waals surface area (Å²) in [4.78, 5) is 4.19. The summed E-state index contributed by atoms with van der Waals surface area (Å²) in [5, 5.41) is 3.24. The van der Waals surface area contributed by atoms with Gasteiger partial charge in [0.05, 0.1) is 25.6 Å². The molecule has 0 aliphatic heterocycles. The molecule has 1 aromatic heterocycles. The van der Waals surface area contributed by atoms with E-state index in [1.807, 2.05) is 43.3 Å². The first-order valence-corrected chi connectivity index (χ1v) is 6.92. The number of nitrogens with one attached hydrogen (secondary N) is 1. The molecule has 2 aromatic rings. The summed E-state index contributed by atoms with van der Waals surface area (Å²) in [5.74, 6) is 2.11. The predicted octanol–water partition coefficient (Wildman–Crippen LogP) is 2.98. The van der Waals surface area contributed by atoms with Crippen LogP contribution in [-0.4, -0.2) is 31.9 Å². The summed E-state index contributed by atoms with van der Waals surface area (Å²) in [7, 11) is 1.63. The third-order valence-electron chi connectivity index (χ3n) is 2.79. The van der Waals surface area contributed by atoms with Crippen molar-refractivity contribution in [3.63, 3.8) is 0 Å². The number of methoxy groups -OCH3 is 1. The van der Waals surface area contributed by atoms with Gasteiger partial charge in [0.15, 0.2) is 11.5 Å². The Bertz CT molecular complexity index is 543. The fourth-order valence-corrected chi connectivity index (χ4v) is 1.81. The van der Waals surface area contributed by atoms with Gasteiger partial charge in [0.2, 0.25) is 5.88 Å². The molecule has 1 heterocycles. The second-order valence-corrected chi connectivity index (χ2v) is 4.24. The fraction of sp³-hybridized carbons (Fsp3) is 0.312. The summed E-state index contributed by atoms with van der Waals surface area (Å²) in [6.45, 7) is 3.76. The van der Waals surface area contributed by atoms with Crippen molar-refractivity contribution in [2.45, 2.75) is 6.92 Å². The normalized spacial score (nSPS) is 10.0. The summed E-state index contributed by atoms with van der Waals surface area (Å²) in [5.41, 5.74) is 0.932. The minimum atomic E-state index is 0.535. The van der Waals surface area contributed by atoms with E-state index in [2.05, 4.69) is 10.3 Å². The monoisotopic (exact) mass is 288 g/mol. The van der Waals surface area contributed by atoms with Crippen molar-refractivity contribution in [3.8, 4) is 17.4 Å². The van der Waals surface area contributed by atoms with Gasteiger partial charge in [-0.15, -0.1) is 0 Å². The Morgan fingerprint density at radius 2 is 1.86 bits per heavy atom. The lowest BCUT2D eigenvalue weighted by molar-refractivity contribution is 0.306. The van der Waals surface area contributed by atoms with Crippen molar-refractivity contribution in [2.75, 3.05) is 32.2 Å². The Balaban J connectivity index is 1.76. The molecule has 0 aliphatic rings. The van der Waals surface area contributed by atoms with Crippen LogP contribution < -0.4 is 19.5 Å². The lowest BCUT2D eigenvalue weighted by atomic mass is 10.3. The fourth-order valence-electron chi connectivity index (χ4n) is 1.81. The Morgan fingerprint density at radius 3 is 2.52 bits per heavy atom. The lowest BCUT2D eigenvalue weighted by Gasteiger charge is -2.11. The molecule has 0 unspecified atom stereocenters. The SMILES string of the molecule is CCOc1ccc(NCCOc2ccccc2OC)cn1. The highest BCUT2D eigenvalue weighted by atomic mass is 16.5. The molecule has 0 amide bonds. The number of para-hydroxylation sites is 2. The Morgan fingerprint density at radius 1 is 1.05 bits per heavy atom. The number of aromatic nitrogens is 1. The standard InChI is InChI=1S/C16H20N2O3/c1-3-20-16-9-8-13(12-18-16)17-10-11-21-15-7-5-4-6-14(15)19-2/h4-9,12,17H,3,10-11H2,1-2H3. The van der Waals surface area contributed by atoms with Crippen LogP contribution in [-0.2, 0) is 0 Å². The zero-order valence-corrected chi connectivity index (χ0v) is 12.3. The molecule has 1 aromatic carbocycles. The number of pyridine rings is 1. The first kappa shape index (κ1) is 15.0. The van der Waals surface area contributed by atoms with Crippen LogP contribution in [0.3, 0.4) is 0 Å². The van der Waals surface area contributed by atoms with Crippen molar-refractivity contribution in [3.05, 3.63) is 42.6 Å². The molecule has 2 rings (SSSR count). The molecule has 1 N–H and O–H groups in total. The number of rotatable bonds is 8. The van der Waals surface area contributed by atoms with Gasteiger partial charge in [0.25, 0.3) is 0 Å². The zero-order chi connectivity index (χ0) is 14.9. The van der Waals surface area contributed by atoms with E-state index in [4.69, 9.17) is 14.2 Å². The largest absolute Gasteiger partial charge is 0.493 e. The van der Waals surface area contributed by atoms with Crippen LogP contribution in [0.5, 0.6) is 17.4 Å². The highest BCUT2D eigenvalue weighted by Gasteiger charge is 2.02. The average molecular weight is 288 g/mol. The summed E-state index contributed by atoms with van der Waals surface area (Å²) in [6.07, 6.45) is 1.74. The van der Waals surface area contributed by atoms with E-state index in [9.17, 15) is 0 Å². The molecule has 0 aliphatic carbocycles. The van der Waals surface area contributed by atoms with E-state index in [1.54, 1.807) is 13.3 Å². The summed E-state index contributed by atoms with van der Waals surface area (Å²) >= 11 is 0. The van der Waals surface area contributed by atoms with E-state index in [0.717, 1.165) is 17.2 Å². The molecular weight excluding hydrogens is 268 g/mol. The first-order chi connectivity index (χ1) is 10.3. The van der Waals surface area contributed by atoms with Gasteiger partial charge < -0.3 is 19.5 Å². The van der Waals surface area contributed by atoms with Crippen LogP contribution in [0.1, 0.15) is 6.92 Å². The van der Waals surface area contributed by atoms with E-state index in [1.165, 1.54) is 0 Å². The minimum absolute atomic E-state index is 0.535. The van der Waals surface area contributed by atoms with Gasteiger partial charge in [0, 0.05) is 12.6 Å². The van der Waals surface area contributed by atoms with Gasteiger partial charge in [-0.2, -0.15) is 0 Å². The van der Waals surface area contributed by atoms with Crippen LogP contribution in [0.4, 0.5) is 5.69 Å². The molecule has 0 saturated heterocycles. The Hall–Kier alpha value is -2.43. The highest BCUT2D eigenvalue weighted by Crippen LogP contribution is 2.25. The van der Waals surface area contributed by atoms with Gasteiger partial charge in [-0.3, -0.25) is 0 Å². The third kappa shape index (κ3) is 4.56. The predicted molar refractivity (Wildman–Crippen MR) is 82.4 cm³/mol. The Kier molecular flexibility index (Phi) is 5.70. The second-order valence-electron chi connectivity index (χ2n) is 4.24. The third-order valence-corrected chi connectivity index (χ3v) is 2.79. The van der Waals surface area contributed by atoms with Crippen LogP contribution >= 0.6 is 0 Å². The van der Waals surface area contributed by atoms with Gasteiger partial charge in [-0.05, 0) is 25.1 Å². The van der Waals surface area contributed by atoms with Crippen molar-refractivity contribution in [1.82, 2.24) is 4.98 Å². The maximum absolute atomic E-state index is 5.68. The van der Waals surface area contributed by atoms with Crippen LogP contribution in [0.15, 0.2) is 42.6 Å². The highest BCUT2D eigenvalue weighted by molar-refractivity contribution is 5.42. The van der Waals surface area contributed by atoms with E-state index < -0.39 is 0 Å². The lowest BCUT2D eigenvalue weighted by Crippen LogP contribution is -2.12. The second kappa shape index (κ2) is 7.99. The number of benzene rings is 1. The van der Waals surface area contributed by atoms with E-state index in [0.29, 0.717) is 25.6 Å². The molecule has 0 spiro atoms. The van der Waals surface area contributed by atoms with Crippen molar-refractivity contribution >= 4 is 5.69 Å². The maximum Gasteiger partial charge on any atom is 0.213 e.